The summed E-state index contributed by atoms with van der Waals surface area (Å²) in [5.41, 5.74) is 0. The van der Waals surface area contributed by atoms with Gasteiger partial charge in [-0.2, -0.15) is 0 Å². The minimum Gasteiger partial charge on any atom is -0.462 e. The van der Waals surface area contributed by atoms with E-state index in [2.05, 4.69) is 20.8 Å². The number of carbonyl (C=O) groups excluding carboxylic acids is 3. The monoisotopic (exact) mass is 1060 g/mol. The fourth-order valence-electron chi connectivity index (χ4n) is 10.9. The van der Waals surface area contributed by atoms with E-state index >= 15 is 0 Å². The predicted molar refractivity (Wildman–Crippen MR) is 326 cm³/mol. The third-order valence-corrected chi connectivity index (χ3v) is 16.1. The van der Waals surface area contributed by atoms with Crippen LogP contribution in [-0.2, 0) is 28.6 Å². The lowest BCUT2D eigenvalue weighted by molar-refractivity contribution is -0.167. The third-order valence-electron chi connectivity index (χ3n) is 16.1. The van der Waals surface area contributed by atoms with Crippen LogP contribution in [0.5, 0.6) is 0 Å². The number of hydrogen-bond donors (Lipinski definition) is 0. The molecule has 0 fully saturated rings. The van der Waals surface area contributed by atoms with Crippen LogP contribution in [-0.4, -0.2) is 37.2 Å². The molecule has 0 amide bonds. The summed E-state index contributed by atoms with van der Waals surface area (Å²) in [6, 6.07) is 0. The molecule has 0 aliphatic rings. The topological polar surface area (TPSA) is 78.9 Å². The summed E-state index contributed by atoms with van der Waals surface area (Å²) in [6.07, 6.45) is 75.5. The Bertz CT molecular complexity index is 1120. The lowest BCUT2D eigenvalue weighted by Gasteiger charge is -2.18. The average molecular weight is 1060 g/mol. The van der Waals surface area contributed by atoms with Crippen LogP contribution < -0.4 is 0 Å². The largest absolute Gasteiger partial charge is 0.462 e. The van der Waals surface area contributed by atoms with E-state index in [1.807, 2.05) is 0 Å². The van der Waals surface area contributed by atoms with Gasteiger partial charge in [0.25, 0.3) is 0 Å². The molecule has 0 saturated heterocycles. The van der Waals surface area contributed by atoms with Crippen molar-refractivity contribution in [3.05, 3.63) is 0 Å². The Hall–Kier alpha value is -1.59. The quantitative estimate of drug-likeness (QED) is 0.0343. The van der Waals surface area contributed by atoms with Crippen molar-refractivity contribution in [2.24, 2.45) is 0 Å². The maximum absolute atomic E-state index is 12.9. The third kappa shape index (κ3) is 63.1. The van der Waals surface area contributed by atoms with Gasteiger partial charge in [0.2, 0.25) is 0 Å². The molecule has 0 radical (unpaired) electrons. The summed E-state index contributed by atoms with van der Waals surface area (Å²) < 4.78 is 17.0. The van der Waals surface area contributed by atoms with Crippen molar-refractivity contribution in [3.8, 4) is 0 Å². The SMILES string of the molecule is CCCCCCCCCCCCCCCCCCCCCCC(=O)OCC(COC(=O)CCCCCCCCCCCCCCCCCCC)OC(=O)CCCCCCCCCCCCCCCCCCCCCC. The number of hydrogen-bond acceptors (Lipinski definition) is 6. The second-order valence-corrected chi connectivity index (χ2v) is 23.8. The van der Waals surface area contributed by atoms with E-state index in [1.54, 1.807) is 0 Å². The molecular weight excluding hydrogens is 925 g/mol. The van der Waals surface area contributed by atoms with E-state index in [0.717, 1.165) is 57.8 Å². The first kappa shape index (κ1) is 73.4. The maximum Gasteiger partial charge on any atom is 0.306 e. The summed E-state index contributed by atoms with van der Waals surface area (Å²) in [5.74, 6) is -0.819. The molecule has 0 bridgehead atoms. The van der Waals surface area contributed by atoms with E-state index in [9.17, 15) is 14.4 Å². The smallest absolute Gasteiger partial charge is 0.306 e. The Morgan fingerprint density at radius 1 is 0.213 bits per heavy atom. The van der Waals surface area contributed by atoms with E-state index in [0.29, 0.717) is 19.3 Å². The van der Waals surface area contributed by atoms with Crippen molar-refractivity contribution in [2.75, 3.05) is 13.2 Å². The predicted octanol–water partition coefficient (Wildman–Crippen LogP) is 23.5. The van der Waals surface area contributed by atoms with Crippen LogP contribution in [0.4, 0.5) is 0 Å². The zero-order valence-electron chi connectivity index (χ0n) is 51.4. The highest BCUT2D eigenvalue weighted by molar-refractivity contribution is 5.71. The van der Waals surface area contributed by atoms with Gasteiger partial charge in [0, 0.05) is 19.3 Å². The van der Waals surface area contributed by atoms with Gasteiger partial charge in [0.15, 0.2) is 6.10 Å². The molecule has 0 saturated carbocycles. The zero-order chi connectivity index (χ0) is 54.3. The molecule has 1 unspecified atom stereocenters. The summed E-state index contributed by atoms with van der Waals surface area (Å²) in [4.78, 5) is 38.4. The summed E-state index contributed by atoms with van der Waals surface area (Å²) in [7, 11) is 0. The Morgan fingerprint density at radius 3 is 0.533 bits per heavy atom. The fraction of sp³-hybridized carbons (Fsp3) is 0.957. The molecule has 0 aromatic heterocycles. The highest BCUT2D eigenvalue weighted by Crippen LogP contribution is 2.19. The van der Waals surface area contributed by atoms with Gasteiger partial charge in [-0.05, 0) is 19.3 Å². The van der Waals surface area contributed by atoms with Crippen molar-refractivity contribution < 1.29 is 28.6 Å². The van der Waals surface area contributed by atoms with Crippen LogP contribution in [0.15, 0.2) is 0 Å². The van der Waals surface area contributed by atoms with Crippen LogP contribution in [0.2, 0.25) is 0 Å². The molecule has 75 heavy (non-hydrogen) atoms. The number of esters is 3. The van der Waals surface area contributed by atoms with Crippen molar-refractivity contribution >= 4 is 17.9 Å². The highest BCUT2D eigenvalue weighted by Gasteiger charge is 2.19. The van der Waals surface area contributed by atoms with Crippen LogP contribution >= 0.6 is 0 Å². The molecule has 0 N–H and O–H groups in total. The van der Waals surface area contributed by atoms with Gasteiger partial charge in [0.05, 0.1) is 0 Å². The van der Waals surface area contributed by atoms with E-state index in [4.69, 9.17) is 14.2 Å². The average Bonchev–Trinajstić information content (AvgIpc) is 3.41. The van der Waals surface area contributed by atoms with Crippen LogP contribution in [0.25, 0.3) is 0 Å². The van der Waals surface area contributed by atoms with Gasteiger partial charge in [-0.15, -0.1) is 0 Å². The van der Waals surface area contributed by atoms with Crippen molar-refractivity contribution in [1.82, 2.24) is 0 Å². The molecule has 0 aromatic carbocycles. The molecule has 0 aliphatic heterocycles. The number of unbranched alkanes of at least 4 members (excludes halogenated alkanes) is 54. The molecule has 6 nitrogen and oxygen atoms in total. The van der Waals surface area contributed by atoms with Gasteiger partial charge >= 0.3 is 17.9 Å². The molecule has 6 heteroatoms. The standard InChI is InChI=1S/C69H134O6/c1-4-7-10-13-16-19-22-25-28-31-33-35-38-41-44-47-50-53-56-59-62-68(71)74-65-66(64-73-67(70)61-58-55-52-49-46-43-40-37-30-27-24-21-18-15-12-9-6-3)75-69(72)63-60-57-54-51-48-45-42-39-36-34-32-29-26-23-20-17-14-11-8-5-2/h66H,4-65H2,1-3H3. The minimum absolute atomic E-state index is 0.0601. The Balaban J connectivity index is 4.27. The Morgan fingerprint density at radius 2 is 0.360 bits per heavy atom. The molecule has 0 spiro atoms. The van der Waals surface area contributed by atoms with Crippen LogP contribution in [0, 0.1) is 0 Å². The minimum atomic E-state index is -0.763. The normalized spacial score (nSPS) is 11.9. The van der Waals surface area contributed by atoms with Gasteiger partial charge < -0.3 is 14.2 Å². The second-order valence-electron chi connectivity index (χ2n) is 23.8. The molecule has 1 atom stereocenters. The second kappa shape index (κ2) is 64.9. The summed E-state index contributed by atoms with van der Waals surface area (Å²) in [5, 5.41) is 0. The zero-order valence-corrected chi connectivity index (χ0v) is 51.4. The van der Waals surface area contributed by atoms with Gasteiger partial charge in [0.1, 0.15) is 13.2 Å². The molecule has 0 rings (SSSR count). The molecule has 0 aromatic rings. The van der Waals surface area contributed by atoms with Crippen LogP contribution in [0.1, 0.15) is 406 Å². The van der Waals surface area contributed by atoms with Gasteiger partial charge in [-0.3, -0.25) is 14.4 Å². The van der Waals surface area contributed by atoms with Crippen molar-refractivity contribution in [1.29, 1.82) is 0 Å². The van der Waals surface area contributed by atoms with E-state index < -0.39 is 6.10 Å². The molecule has 446 valence electrons. The number of ether oxygens (including phenoxy) is 3. The van der Waals surface area contributed by atoms with Crippen molar-refractivity contribution in [2.45, 2.75) is 412 Å². The lowest BCUT2D eigenvalue weighted by Crippen LogP contribution is -2.30. The van der Waals surface area contributed by atoms with E-state index in [-0.39, 0.29) is 31.1 Å². The first-order chi connectivity index (χ1) is 37.0. The fourth-order valence-corrected chi connectivity index (χ4v) is 10.9. The van der Waals surface area contributed by atoms with Gasteiger partial charge in [-0.25, -0.2) is 0 Å². The molecular formula is C69H134O6. The summed E-state index contributed by atoms with van der Waals surface area (Å²) in [6.45, 7) is 6.75. The first-order valence-corrected chi connectivity index (χ1v) is 34.5. The molecule has 0 aliphatic carbocycles. The maximum atomic E-state index is 12.9. The molecule has 0 heterocycles. The Kier molecular flexibility index (Phi) is 63.6. The van der Waals surface area contributed by atoms with Crippen LogP contribution in [0.3, 0.4) is 0 Å². The summed E-state index contributed by atoms with van der Waals surface area (Å²) >= 11 is 0. The van der Waals surface area contributed by atoms with Gasteiger partial charge in [-0.1, -0.05) is 367 Å². The first-order valence-electron chi connectivity index (χ1n) is 34.5. The van der Waals surface area contributed by atoms with E-state index in [1.165, 1.54) is 308 Å². The number of carbonyl (C=O) groups is 3. The number of rotatable bonds is 65. The Labute approximate surface area is 469 Å². The highest BCUT2D eigenvalue weighted by atomic mass is 16.6. The lowest BCUT2D eigenvalue weighted by atomic mass is 10.0. The van der Waals surface area contributed by atoms with Crippen molar-refractivity contribution in [3.63, 3.8) is 0 Å².